The van der Waals surface area contributed by atoms with E-state index in [0.29, 0.717) is 6.61 Å². The van der Waals surface area contributed by atoms with E-state index in [4.69, 9.17) is 14.2 Å². The van der Waals surface area contributed by atoms with Crippen LogP contribution in [0.2, 0.25) is 0 Å². The highest BCUT2D eigenvalue weighted by molar-refractivity contribution is 5.91. The maximum atomic E-state index is 12.0. The van der Waals surface area contributed by atoms with E-state index >= 15 is 0 Å². The van der Waals surface area contributed by atoms with Crippen LogP contribution >= 0.6 is 0 Å². The Hall–Kier alpha value is -4.14. The van der Waals surface area contributed by atoms with Crippen molar-refractivity contribution in [2.45, 2.75) is 124 Å². The molecule has 0 aliphatic carbocycles. The van der Waals surface area contributed by atoms with Gasteiger partial charge in [-0.25, -0.2) is 0 Å². The number of esters is 1. The molecular formula is C50H70N2O6. The largest absolute Gasteiger partial charge is 0.493 e. The van der Waals surface area contributed by atoms with Crippen LogP contribution in [0.4, 0.5) is 0 Å². The van der Waals surface area contributed by atoms with Crippen molar-refractivity contribution in [1.29, 1.82) is 0 Å². The zero-order chi connectivity index (χ0) is 41.0. The fourth-order valence-electron chi connectivity index (χ4n) is 8.40. The number of piperidine rings is 2. The topological polar surface area (TPSA) is 88.5 Å². The van der Waals surface area contributed by atoms with Gasteiger partial charge in [-0.3, -0.25) is 19.4 Å². The fourth-order valence-corrected chi connectivity index (χ4v) is 8.40. The molecule has 2 saturated heterocycles. The van der Waals surface area contributed by atoms with Gasteiger partial charge in [-0.2, -0.15) is 0 Å². The monoisotopic (exact) mass is 795 g/mol. The van der Waals surface area contributed by atoms with Crippen LogP contribution in [0.25, 0.3) is 21.5 Å². The van der Waals surface area contributed by atoms with Crippen LogP contribution in [0.3, 0.4) is 0 Å². The number of likely N-dealkylation sites (tertiary alicyclic amines) is 2. The molecule has 0 saturated carbocycles. The first kappa shape index (κ1) is 45.0. The number of carbonyl (C=O) groups excluding carboxylic acids is 1. The molecule has 2 aliphatic rings. The zero-order valence-corrected chi connectivity index (χ0v) is 35.7. The molecule has 0 unspecified atom stereocenters. The average molecular weight is 795 g/mol. The van der Waals surface area contributed by atoms with Crippen molar-refractivity contribution < 1.29 is 28.9 Å². The molecule has 1 N–H and O–H groups in total. The van der Waals surface area contributed by atoms with Crippen LogP contribution in [0.1, 0.15) is 122 Å². The highest BCUT2D eigenvalue weighted by atomic mass is 16.5. The first-order chi connectivity index (χ1) is 28.4. The van der Waals surface area contributed by atoms with Crippen molar-refractivity contribution in [3.05, 3.63) is 83.9 Å². The number of carbonyl (C=O) groups is 2. The summed E-state index contributed by atoms with van der Waals surface area (Å²) in [4.78, 5) is 28.0. The van der Waals surface area contributed by atoms with Crippen molar-refractivity contribution in [1.82, 2.24) is 9.80 Å². The lowest BCUT2D eigenvalue weighted by Gasteiger charge is -2.31. The van der Waals surface area contributed by atoms with E-state index in [1.54, 1.807) is 0 Å². The number of hydrogen-bond acceptors (Lipinski definition) is 7. The molecule has 8 heteroatoms. The number of ether oxygens (including phenoxy) is 3. The SMILES string of the molecule is CCCCCCCOc1cccc2c(CN3CCC(C(=O)O)CC3)cccc12.CCCCCCCOc1cccc2c(CN3CCC(C(=O)OCC)CC3)cccc12. The molecule has 58 heavy (non-hydrogen) atoms. The Balaban J connectivity index is 0.000000221. The second-order valence-electron chi connectivity index (χ2n) is 16.3. The molecule has 0 radical (unpaired) electrons. The number of hydrogen-bond donors (Lipinski definition) is 1. The molecule has 2 heterocycles. The number of unbranched alkanes of at least 4 members (excludes halogenated alkanes) is 8. The van der Waals surface area contributed by atoms with Gasteiger partial charge < -0.3 is 19.3 Å². The predicted molar refractivity (Wildman–Crippen MR) is 237 cm³/mol. The fraction of sp³-hybridized carbons (Fsp3) is 0.560. The molecular weight excluding hydrogens is 725 g/mol. The summed E-state index contributed by atoms with van der Waals surface area (Å²) in [6, 6.07) is 25.6. The summed E-state index contributed by atoms with van der Waals surface area (Å²) in [5, 5.41) is 14.1. The Morgan fingerprint density at radius 3 is 1.40 bits per heavy atom. The lowest BCUT2D eigenvalue weighted by molar-refractivity contribution is -0.149. The number of aliphatic carboxylic acids is 1. The number of fused-ring (bicyclic) bond motifs is 2. The molecule has 0 atom stereocenters. The third kappa shape index (κ3) is 13.7. The van der Waals surface area contributed by atoms with Crippen LogP contribution in [0.5, 0.6) is 11.5 Å². The summed E-state index contributed by atoms with van der Waals surface area (Å²) in [6.07, 6.45) is 15.7. The third-order valence-electron chi connectivity index (χ3n) is 11.9. The number of carboxylic acids is 1. The standard InChI is InChI=1S/C26H37NO3.C24H33NO3/c1-3-5-6-7-8-19-30-25-14-10-12-23-22(11-9-13-24(23)25)20-27-17-15-21(16-18-27)26(28)29-4-2;1-2-3-4-5-6-17-28-23-12-8-10-21-20(9-7-11-22(21)23)18-25-15-13-19(14-16-25)24(26)27/h9-14,21H,3-8,15-20H2,1-2H3;7-12,19H,2-6,13-18H2,1H3,(H,26,27). The maximum absolute atomic E-state index is 12.0. The second kappa shape index (κ2) is 24.7. The van der Waals surface area contributed by atoms with Gasteiger partial charge in [0.2, 0.25) is 0 Å². The van der Waals surface area contributed by atoms with Crippen LogP contribution in [0, 0.1) is 11.8 Å². The molecule has 8 nitrogen and oxygen atoms in total. The lowest BCUT2D eigenvalue weighted by Crippen LogP contribution is -2.36. The van der Waals surface area contributed by atoms with Crippen molar-refractivity contribution >= 4 is 33.5 Å². The smallest absolute Gasteiger partial charge is 0.309 e. The summed E-state index contributed by atoms with van der Waals surface area (Å²) < 4.78 is 17.4. The van der Waals surface area contributed by atoms with Gasteiger partial charge in [-0.1, -0.05) is 126 Å². The van der Waals surface area contributed by atoms with Gasteiger partial charge in [0.1, 0.15) is 11.5 Å². The molecule has 316 valence electrons. The summed E-state index contributed by atoms with van der Waals surface area (Å²) in [5.74, 6) is 1.16. The molecule has 0 amide bonds. The van der Waals surface area contributed by atoms with Gasteiger partial charge in [0.15, 0.2) is 0 Å². The van der Waals surface area contributed by atoms with Crippen molar-refractivity contribution in [3.63, 3.8) is 0 Å². The van der Waals surface area contributed by atoms with E-state index in [2.05, 4.69) is 96.4 Å². The quantitative estimate of drug-likeness (QED) is 0.0659. The van der Waals surface area contributed by atoms with Crippen LogP contribution in [-0.4, -0.2) is 72.8 Å². The minimum absolute atomic E-state index is 0.0289. The number of rotatable bonds is 21. The van der Waals surface area contributed by atoms with Gasteiger partial charge in [0.25, 0.3) is 0 Å². The summed E-state index contributed by atoms with van der Waals surface area (Å²) in [5.41, 5.74) is 2.62. The van der Waals surface area contributed by atoms with Gasteiger partial charge in [0.05, 0.1) is 31.7 Å². The minimum Gasteiger partial charge on any atom is -0.493 e. The molecule has 0 bridgehead atoms. The molecule has 4 aromatic rings. The molecule has 6 rings (SSSR count). The molecule has 0 aromatic heterocycles. The van der Waals surface area contributed by atoms with Gasteiger partial charge >= 0.3 is 11.9 Å². The molecule has 0 spiro atoms. The van der Waals surface area contributed by atoms with E-state index in [1.165, 1.54) is 84.0 Å². The molecule has 2 fully saturated rings. The highest BCUT2D eigenvalue weighted by Gasteiger charge is 2.27. The van der Waals surface area contributed by atoms with E-state index < -0.39 is 5.97 Å². The molecule has 4 aromatic carbocycles. The number of benzene rings is 4. The van der Waals surface area contributed by atoms with Crippen LogP contribution in [0.15, 0.2) is 72.8 Å². The third-order valence-corrected chi connectivity index (χ3v) is 11.9. The van der Waals surface area contributed by atoms with Gasteiger partial charge in [0, 0.05) is 23.9 Å². The van der Waals surface area contributed by atoms with E-state index in [1.807, 2.05) is 6.92 Å². The van der Waals surface area contributed by atoms with E-state index in [0.717, 1.165) is 103 Å². The first-order valence-electron chi connectivity index (χ1n) is 22.5. The summed E-state index contributed by atoms with van der Waals surface area (Å²) in [7, 11) is 0. The average Bonchev–Trinajstić information content (AvgIpc) is 3.24. The zero-order valence-electron chi connectivity index (χ0n) is 35.7. The number of carboxylic acid groups (broad SMARTS) is 1. The predicted octanol–water partition coefficient (Wildman–Crippen LogP) is 11.4. The van der Waals surface area contributed by atoms with Crippen LogP contribution < -0.4 is 9.47 Å². The van der Waals surface area contributed by atoms with E-state index in [-0.39, 0.29) is 17.8 Å². The normalized spacial score (nSPS) is 15.6. The molecule has 2 aliphatic heterocycles. The van der Waals surface area contributed by atoms with Gasteiger partial charge in [-0.05, 0) is 106 Å². The Labute approximate surface area is 348 Å². The highest BCUT2D eigenvalue weighted by Crippen LogP contribution is 2.32. The maximum Gasteiger partial charge on any atom is 0.309 e. The first-order valence-corrected chi connectivity index (χ1v) is 22.5. The number of nitrogens with zero attached hydrogens (tertiary/aromatic N) is 2. The lowest BCUT2D eigenvalue weighted by atomic mass is 9.96. The Morgan fingerprint density at radius 1 is 0.552 bits per heavy atom. The van der Waals surface area contributed by atoms with E-state index in [9.17, 15) is 14.7 Å². The Bertz CT molecular complexity index is 1830. The van der Waals surface area contributed by atoms with Crippen LogP contribution in [-0.2, 0) is 27.4 Å². The van der Waals surface area contributed by atoms with Crippen molar-refractivity contribution in [3.8, 4) is 11.5 Å². The second-order valence-corrected chi connectivity index (χ2v) is 16.3. The summed E-state index contributed by atoms with van der Waals surface area (Å²) in [6.45, 7) is 13.7. The van der Waals surface area contributed by atoms with Crippen molar-refractivity contribution in [2.24, 2.45) is 11.8 Å². The summed E-state index contributed by atoms with van der Waals surface area (Å²) >= 11 is 0. The van der Waals surface area contributed by atoms with Gasteiger partial charge in [-0.15, -0.1) is 0 Å². The minimum atomic E-state index is -0.652. The Morgan fingerprint density at radius 2 is 0.966 bits per heavy atom. The Kier molecular flexibility index (Phi) is 19.1. The van der Waals surface area contributed by atoms with Crippen molar-refractivity contribution in [2.75, 3.05) is 46.0 Å².